The van der Waals surface area contributed by atoms with Gasteiger partial charge in [-0.25, -0.2) is 0 Å². The van der Waals surface area contributed by atoms with E-state index in [2.05, 4.69) is 53.2 Å². The molecule has 0 fully saturated rings. The summed E-state index contributed by atoms with van der Waals surface area (Å²) in [5, 5.41) is 3.68. The summed E-state index contributed by atoms with van der Waals surface area (Å²) in [4.78, 5) is 16.8. The van der Waals surface area contributed by atoms with Crippen LogP contribution in [0.15, 0.2) is 48.5 Å². The highest BCUT2D eigenvalue weighted by atomic mass is 35.5. The van der Waals surface area contributed by atoms with Crippen LogP contribution in [0.4, 0.5) is 0 Å². The molecule has 0 atom stereocenters. The van der Waals surface area contributed by atoms with Gasteiger partial charge in [0.2, 0.25) is 0 Å². The van der Waals surface area contributed by atoms with Crippen molar-refractivity contribution in [2.75, 3.05) is 59.1 Å². The maximum absolute atomic E-state index is 12.0. The molecule has 0 unspecified atom stereocenters. The molecule has 2 aromatic rings. The lowest BCUT2D eigenvalue weighted by Gasteiger charge is -2.26. The first-order valence-corrected chi connectivity index (χ1v) is 12.2. The van der Waals surface area contributed by atoms with E-state index in [-0.39, 0.29) is 12.5 Å². The maximum Gasteiger partial charge on any atom is 0.258 e. The SMILES string of the molecule is CCN(CC)CCN(CCOCCNC(=O)COc1ccc(Cl)cc1Cl)Cc1ccccc1. The number of rotatable bonds is 16. The third kappa shape index (κ3) is 11.2. The number of hydrogen-bond donors (Lipinski definition) is 1. The molecule has 6 nitrogen and oxygen atoms in total. The van der Waals surface area contributed by atoms with Gasteiger partial charge in [0.15, 0.2) is 6.61 Å². The molecule has 182 valence electrons. The minimum Gasteiger partial charge on any atom is -0.482 e. The number of carbonyl (C=O) groups excluding carboxylic acids is 1. The molecular formula is C25H35Cl2N3O3. The third-order valence-corrected chi connectivity index (χ3v) is 5.78. The molecule has 1 amide bonds. The molecular weight excluding hydrogens is 461 g/mol. The third-order valence-electron chi connectivity index (χ3n) is 5.25. The summed E-state index contributed by atoms with van der Waals surface area (Å²) in [6.45, 7) is 11.6. The first kappa shape index (κ1) is 27.4. The van der Waals surface area contributed by atoms with Crippen LogP contribution in [0.5, 0.6) is 5.75 Å². The van der Waals surface area contributed by atoms with E-state index in [1.807, 2.05) is 6.07 Å². The van der Waals surface area contributed by atoms with Crippen molar-refractivity contribution >= 4 is 29.1 Å². The second kappa shape index (κ2) is 15.9. The summed E-state index contributed by atoms with van der Waals surface area (Å²) in [5.74, 6) is 0.199. The minimum atomic E-state index is -0.227. The molecule has 2 aromatic carbocycles. The lowest BCUT2D eigenvalue weighted by molar-refractivity contribution is -0.123. The van der Waals surface area contributed by atoms with Crippen molar-refractivity contribution in [2.45, 2.75) is 20.4 Å². The van der Waals surface area contributed by atoms with E-state index < -0.39 is 0 Å². The summed E-state index contributed by atoms with van der Waals surface area (Å²) >= 11 is 11.9. The van der Waals surface area contributed by atoms with Gasteiger partial charge in [-0.3, -0.25) is 9.69 Å². The summed E-state index contributed by atoms with van der Waals surface area (Å²) in [5.41, 5.74) is 1.30. The molecule has 0 aromatic heterocycles. The van der Waals surface area contributed by atoms with Gasteiger partial charge in [-0.2, -0.15) is 0 Å². The Morgan fingerprint density at radius 3 is 2.36 bits per heavy atom. The van der Waals surface area contributed by atoms with Gasteiger partial charge in [0.05, 0.1) is 18.2 Å². The Morgan fingerprint density at radius 2 is 1.67 bits per heavy atom. The van der Waals surface area contributed by atoms with Crippen LogP contribution in [0, 0.1) is 0 Å². The van der Waals surface area contributed by atoms with Gasteiger partial charge in [-0.15, -0.1) is 0 Å². The molecule has 8 heteroatoms. The van der Waals surface area contributed by atoms with Gasteiger partial charge in [0.1, 0.15) is 5.75 Å². The lowest BCUT2D eigenvalue weighted by Crippen LogP contribution is -2.37. The standard InChI is InChI=1S/C25H35Cl2N3O3/c1-3-29(4-2)13-14-30(19-21-8-6-5-7-9-21)15-17-32-16-12-28-25(31)20-33-24-11-10-22(26)18-23(24)27/h5-11,18H,3-4,12-17,19-20H2,1-2H3,(H,28,31). The maximum atomic E-state index is 12.0. The van der Waals surface area contributed by atoms with Crippen molar-refractivity contribution in [3.05, 3.63) is 64.1 Å². The number of benzene rings is 2. The number of likely N-dealkylation sites (N-methyl/N-ethyl adjacent to an activating group) is 1. The Labute approximate surface area is 207 Å². The Hall–Kier alpha value is -1.83. The molecule has 0 radical (unpaired) electrons. The van der Waals surface area contributed by atoms with E-state index in [1.54, 1.807) is 18.2 Å². The number of nitrogens with zero attached hydrogens (tertiary/aromatic N) is 2. The molecule has 33 heavy (non-hydrogen) atoms. The van der Waals surface area contributed by atoms with E-state index >= 15 is 0 Å². The lowest BCUT2D eigenvalue weighted by atomic mass is 10.2. The van der Waals surface area contributed by atoms with E-state index in [0.717, 1.165) is 39.3 Å². The van der Waals surface area contributed by atoms with Crippen molar-refractivity contribution in [3.8, 4) is 5.75 Å². The Kier molecular flexibility index (Phi) is 13.2. The van der Waals surface area contributed by atoms with Crippen molar-refractivity contribution in [2.24, 2.45) is 0 Å². The minimum absolute atomic E-state index is 0.114. The van der Waals surface area contributed by atoms with Crippen molar-refractivity contribution in [1.29, 1.82) is 0 Å². The molecule has 0 aliphatic carbocycles. The van der Waals surface area contributed by atoms with Gasteiger partial charge >= 0.3 is 0 Å². The average Bonchev–Trinajstić information content (AvgIpc) is 2.81. The summed E-state index contributed by atoms with van der Waals surface area (Å²) in [6.07, 6.45) is 0. The van der Waals surface area contributed by atoms with Crippen LogP contribution < -0.4 is 10.1 Å². The predicted molar refractivity (Wildman–Crippen MR) is 135 cm³/mol. The summed E-state index contributed by atoms with van der Waals surface area (Å²) in [7, 11) is 0. The zero-order chi connectivity index (χ0) is 23.9. The fourth-order valence-electron chi connectivity index (χ4n) is 3.28. The second-order valence-electron chi connectivity index (χ2n) is 7.61. The largest absolute Gasteiger partial charge is 0.482 e. The van der Waals surface area contributed by atoms with Crippen molar-refractivity contribution < 1.29 is 14.3 Å². The van der Waals surface area contributed by atoms with Gasteiger partial charge in [-0.1, -0.05) is 67.4 Å². The van der Waals surface area contributed by atoms with E-state index in [0.29, 0.717) is 35.6 Å². The zero-order valence-corrected chi connectivity index (χ0v) is 21.1. The van der Waals surface area contributed by atoms with Crippen LogP contribution in [-0.2, 0) is 16.1 Å². The van der Waals surface area contributed by atoms with Crippen LogP contribution in [-0.4, -0.2) is 74.8 Å². The van der Waals surface area contributed by atoms with Crippen molar-refractivity contribution in [1.82, 2.24) is 15.1 Å². The molecule has 0 spiro atoms. The summed E-state index contributed by atoms with van der Waals surface area (Å²) in [6, 6.07) is 15.4. The van der Waals surface area contributed by atoms with Crippen LogP contribution in [0.2, 0.25) is 10.0 Å². The number of hydrogen-bond acceptors (Lipinski definition) is 5. The molecule has 0 aliphatic heterocycles. The van der Waals surface area contributed by atoms with E-state index in [1.165, 1.54) is 5.56 Å². The van der Waals surface area contributed by atoms with E-state index in [9.17, 15) is 4.79 Å². The smallest absolute Gasteiger partial charge is 0.258 e. The van der Waals surface area contributed by atoms with Crippen LogP contribution >= 0.6 is 23.2 Å². The fraction of sp³-hybridized carbons (Fsp3) is 0.480. The number of amides is 1. The highest BCUT2D eigenvalue weighted by molar-refractivity contribution is 6.35. The molecule has 1 N–H and O–H groups in total. The van der Waals surface area contributed by atoms with Crippen LogP contribution in [0.3, 0.4) is 0 Å². The summed E-state index contributed by atoms with van der Waals surface area (Å²) < 4.78 is 11.2. The van der Waals surface area contributed by atoms with Crippen LogP contribution in [0.1, 0.15) is 19.4 Å². The number of ether oxygens (including phenoxy) is 2. The molecule has 0 saturated carbocycles. The topological polar surface area (TPSA) is 54.0 Å². The molecule has 0 heterocycles. The quantitative estimate of drug-likeness (QED) is 0.351. The van der Waals surface area contributed by atoms with Gasteiger partial charge in [-0.05, 0) is 36.9 Å². The van der Waals surface area contributed by atoms with Gasteiger partial charge in [0, 0.05) is 37.7 Å². The Bertz CT molecular complexity index is 820. The number of carbonyl (C=O) groups is 1. The highest BCUT2D eigenvalue weighted by Crippen LogP contribution is 2.27. The second-order valence-corrected chi connectivity index (χ2v) is 8.46. The molecule has 0 bridgehead atoms. The van der Waals surface area contributed by atoms with E-state index in [4.69, 9.17) is 32.7 Å². The number of nitrogens with one attached hydrogen (secondary N) is 1. The predicted octanol–water partition coefficient (Wildman–Crippen LogP) is 4.35. The van der Waals surface area contributed by atoms with Crippen LogP contribution in [0.25, 0.3) is 0 Å². The van der Waals surface area contributed by atoms with Gasteiger partial charge in [0.25, 0.3) is 5.91 Å². The average molecular weight is 496 g/mol. The Balaban J connectivity index is 1.65. The fourth-order valence-corrected chi connectivity index (χ4v) is 3.74. The normalized spacial score (nSPS) is 11.2. The first-order valence-electron chi connectivity index (χ1n) is 11.4. The molecule has 0 aliphatic rings. The molecule has 0 saturated heterocycles. The van der Waals surface area contributed by atoms with Gasteiger partial charge < -0.3 is 19.7 Å². The first-order chi connectivity index (χ1) is 16.0. The number of halogens is 2. The zero-order valence-electron chi connectivity index (χ0n) is 19.6. The molecule has 2 rings (SSSR count). The Morgan fingerprint density at radius 1 is 0.939 bits per heavy atom. The monoisotopic (exact) mass is 495 g/mol. The highest BCUT2D eigenvalue weighted by Gasteiger charge is 2.09. The van der Waals surface area contributed by atoms with Crippen molar-refractivity contribution in [3.63, 3.8) is 0 Å².